The van der Waals surface area contributed by atoms with Crippen LogP contribution in [0.3, 0.4) is 0 Å². The van der Waals surface area contributed by atoms with E-state index in [1.54, 1.807) is 0 Å². The number of rotatable bonds is 5. The highest BCUT2D eigenvalue weighted by Crippen LogP contribution is 2.30. The van der Waals surface area contributed by atoms with Crippen LogP contribution in [0.5, 0.6) is 0 Å². The molecule has 5 heterocycles. The van der Waals surface area contributed by atoms with Gasteiger partial charge in [-0.05, 0) is 43.4 Å². The van der Waals surface area contributed by atoms with Crippen LogP contribution in [-0.2, 0) is 11.8 Å². The second-order valence-electron chi connectivity index (χ2n) is 10.2. The molecule has 0 spiro atoms. The molecule has 2 unspecified atom stereocenters. The van der Waals surface area contributed by atoms with Gasteiger partial charge in [0.05, 0.1) is 25.0 Å². The molecule has 3 atom stereocenters. The number of hydrogen-bond donors (Lipinski definition) is 0. The van der Waals surface area contributed by atoms with Gasteiger partial charge < -0.3 is 4.74 Å². The minimum absolute atomic E-state index is 0.401. The first-order valence-corrected chi connectivity index (χ1v) is 12.9. The fourth-order valence-electron chi connectivity index (χ4n) is 5.63. The lowest BCUT2D eigenvalue weighted by atomic mass is 9.93. The Morgan fingerprint density at radius 3 is 2.50 bits per heavy atom. The third-order valence-corrected chi connectivity index (χ3v) is 7.61. The van der Waals surface area contributed by atoms with Gasteiger partial charge >= 0.3 is 0 Å². The number of nitrogens with zero attached hydrogens (tertiary/aromatic N) is 7. The van der Waals surface area contributed by atoms with E-state index in [-0.39, 0.29) is 0 Å². The summed E-state index contributed by atoms with van der Waals surface area (Å²) in [5.41, 5.74) is 5.21. The summed E-state index contributed by atoms with van der Waals surface area (Å²) in [4.78, 5) is 12.0. The molecule has 1 aromatic carbocycles. The lowest BCUT2D eigenvalue weighted by Gasteiger charge is -2.42. The number of benzene rings is 1. The van der Waals surface area contributed by atoms with Crippen molar-refractivity contribution in [3.63, 3.8) is 0 Å². The zero-order valence-electron chi connectivity index (χ0n) is 21.0. The molecule has 0 aliphatic carbocycles. The summed E-state index contributed by atoms with van der Waals surface area (Å²) in [6, 6.07) is 9.29. The van der Waals surface area contributed by atoms with Crippen LogP contribution in [-0.4, -0.2) is 66.8 Å². The maximum atomic E-state index is 5.67. The number of aryl methyl sites for hydroxylation is 1. The van der Waals surface area contributed by atoms with E-state index < -0.39 is 0 Å². The van der Waals surface area contributed by atoms with E-state index in [9.17, 15) is 0 Å². The van der Waals surface area contributed by atoms with E-state index in [1.807, 2.05) is 54.8 Å². The highest BCUT2D eigenvalue weighted by molar-refractivity contribution is 5.70. The van der Waals surface area contributed by atoms with Gasteiger partial charge in [0.25, 0.3) is 0 Å². The Morgan fingerprint density at radius 2 is 1.69 bits per heavy atom. The van der Waals surface area contributed by atoms with Gasteiger partial charge in [0, 0.05) is 73.3 Å². The maximum absolute atomic E-state index is 5.67. The molecule has 3 aromatic heterocycles. The number of likely N-dealkylation sites (tertiary alicyclic amines) is 1. The summed E-state index contributed by atoms with van der Waals surface area (Å²) < 4.78 is 9.63. The standard InChI is InChI=1S/C28H33N7O/c1-20-19-36-10-8-27(20)34-9-4-7-26(18-34)35-17-25(15-32-35)23-12-29-28(30-13-23)22-6-3-5-21(11-22)24-14-31-33(2)16-24/h3,5-6,11-17,20,26-27H,4,7-10,18-19H2,1-2H3/t20?,26-,27?/m0/s1. The number of hydrogen-bond acceptors (Lipinski definition) is 6. The van der Waals surface area contributed by atoms with Crippen molar-refractivity contribution in [2.45, 2.75) is 38.3 Å². The molecule has 8 heteroatoms. The summed E-state index contributed by atoms with van der Waals surface area (Å²) in [6.45, 7) is 6.31. The molecule has 2 saturated heterocycles. The maximum Gasteiger partial charge on any atom is 0.159 e. The zero-order valence-corrected chi connectivity index (χ0v) is 21.0. The molecule has 4 aromatic rings. The van der Waals surface area contributed by atoms with Crippen LogP contribution in [0.1, 0.15) is 32.2 Å². The van der Waals surface area contributed by atoms with Crippen molar-refractivity contribution in [2.75, 3.05) is 26.3 Å². The topological polar surface area (TPSA) is 73.9 Å². The van der Waals surface area contributed by atoms with Crippen molar-refractivity contribution in [3.05, 3.63) is 61.4 Å². The van der Waals surface area contributed by atoms with Crippen molar-refractivity contribution in [1.29, 1.82) is 0 Å². The number of aromatic nitrogens is 6. The van der Waals surface area contributed by atoms with Crippen LogP contribution < -0.4 is 0 Å². The van der Waals surface area contributed by atoms with Crippen molar-refractivity contribution in [2.24, 2.45) is 13.0 Å². The van der Waals surface area contributed by atoms with Crippen molar-refractivity contribution in [1.82, 2.24) is 34.4 Å². The van der Waals surface area contributed by atoms with Gasteiger partial charge in [0.2, 0.25) is 0 Å². The van der Waals surface area contributed by atoms with Crippen LogP contribution in [0.25, 0.3) is 33.6 Å². The predicted molar refractivity (Wildman–Crippen MR) is 139 cm³/mol. The van der Waals surface area contributed by atoms with Crippen LogP contribution in [0.4, 0.5) is 0 Å². The van der Waals surface area contributed by atoms with Crippen LogP contribution >= 0.6 is 0 Å². The van der Waals surface area contributed by atoms with Gasteiger partial charge in [-0.3, -0.25) is 14.3 Å². The Balaban J connectivity index is 1.16. The van der Waals surface area contributed by atoms with Gasteiger partial charge in [-0.25, -0.2) is 9.97 Å². The molecule has 8 nitrogen and oxygen atoms in total. The SMILES string of the molecule is CC1COCCC1N1CCC[C@H](n2cc(-c3cnc(-c4cccc(-c5cnn(C)c5)c4)nc3)cn2)C1. The normalized spacial score (nSPS) is 23.1. The van der Waals surface area contributed by atoms with E-state index in [0.717, 1.165) is 60.4 Å². The first-order valence-electron chi connectivity index (χ1n) is 12.9. The summed E-state index contributed by atoms with van der Waals surface area (Å²) in [7, 11) is 1.92. The molecular formula is C28H33N7O. The van der Waals surface area contributed by atoms with E-state index >= 15 is 0 Å². The monoisotopic (exact) mass is 483 g/mol. The summed E-state index contributed by atoms with van der Waals surface area (Å²) in [5.74, 6) is 1.30. The molecule has 0 radical (unpaired) electrons. The summed E-state index contributed by atoms with van der Waals surface area (Å²) in [5, 5.41) is 9.02. The number of piperidine rings is 1. The Labute approximate surface area is 211 Å². The third-order valence-electron chi connectivity index (χ3n) is 7.61. The molecular weight excluding hydrogens is 450 g/mol. The molecule has 0 saturated carbocycles. The molecule has 2 fully saturated rings. The van der Waals surface area contributed by atoms with E-state index in [2.05, 4.69) is 49.9 Å². The Kier molecular flexibility index (Phi) is 6.37. The molecule has 0 amide bonds. The average molecular weight is 484 g/mol. The minimum atomic E-state index is 0.401. The second kappa shape index (κ2) is 9.95. The molecule has 0 N–H and O–H groups in total. The van der Waals surface area contributed by atoms with E-state index in [4.69, 9.17) is 9.84 Å². The Morgan fingerprint density at radius 1 is 0.889 bits per heavy atom. The van der Waals surface area contributed by atoms with Crippen molar-refractivity contribution in [3.8, 4) is 33.6 Å². The molecule has 186 valence electrons. The number of ether oxygens (including phenoxy) is 1. The molecule has 6 rings (SSSR count). The minimum Gasteiger partial charge on any atom is -0.381 e. The Hall–Kier alpha value is -3.36. The zero-order chi connectivity index (χ0) is 24.5. The average Bonchev–Trinajstić information content (AvgIpc) is 3.59. The van der Waals surface area contributed by atoms with Crippen molar-refractivity contribution < 1.29 is 4.74 Å². The fourth-order valence-corrected chi connectivity index (χ4v) is 5.63. The summed E-state index contributed by atoms with van der Waals surface area (Å²) >= 11 is 0. The second-order valence-corrected chi connectivity index (χ2v) is 10.2. The Bertz CT molecular complexity index is 1310. The van der Waals surface area contributed by atoms with Crippen LogP contribution in [0, 0.1) is 5.92 Å². The van der Waals surface area contributed by atoms with Gasteiger partial charge in [0.15, 0.2) is 5.82 Å². The first kappa shape index (κ1) is 23.1. The van der Waals surface area contributed by atoms with Gasteiger partial charge in [-0.2, -0.15) is 10.2 Å². The fraction of sp³-hybridized carbons (Fsp3) is 0.429. The predicted octanol–water partition coefficient (Wildman–Crippen LogP) is 4.47. The van der Waals surface area contributed by atoms with Crippen LogP contribution in [0.2, 0.25) is 0 Å². The van der Waals surface area contributed by atoms with Gasteiger partial charge in [0.1, 0.15) is 0 Å². The highest BCUT2D eigenvalue weighted by Gasteiger charge is 2.32. The van der Waals surface area contributed by atoms with Crippen molar-refractivity contribution >= 4 is 0 Å². The lowest BCUT2D eigenvalue weighted by Crippen LogP contribution is -2.49. The third kappa shape index (κ3) is 4.70. The van der Waals surface area contributed by atoms with E-state index in [0.29, 0.717) is 23.8 Å². The first-order chi connectivity index (χ1) is 17.6. The molecule has 0 bridgehead atoms. The summed E-state index contributed by atoms with van der Waals surface area (Å²) in [6.07, 6.45) is 15.3. The molecule has 2 aliphatic heterocycles. The smallest absolute Gasteiger partial charge is 0.159 e. The molecule has 36 heavy (non-hydrogen) atoms. The largest absolute Gasteiger partial charge is 0.381 e. The van der Waals surface area contributed by atoms with E-state index in [1.165, 1.54) is 13.0 Å². The highest BCUT2D eigenvalue weighted by atomic mass is 16.5. The lowest BCUT2D eigenvalue weighted by molar-refractivity contribution is -0.0188. The molecule has 2 aliphatic rings. The quantitative estimate of drug-likeness (QED) is 0.417. The van der Waals surface area contributed by atoms with Crippen LogP contribution in [0.15, 0.2) is 61.4 Å². The van der Waals surface area contributed by atoms with Gasteiger partial charge in [-0.1, -0.05) is 25.1 Å². The van der Waals surface area contributed by atoms with Gasteiger partial charge in [-0.15, -0.1) is 0 Å².